The fourth-order valence-electron chi connectivity index (χ4n) is 2.82. The molecule has 0 saturated heterocycles. The summed E-state index contributed by atoms with van der Waals surface area (Å²) in [4.78, 5) is 8.95. The summed E-state index contributed by atoms with van der Waals surface area (Å²) in [7, 11) is 1.64. The molecule has 164 valence electrons. The largest absolute Gasteiger partial charge is 0.475 e. The summed E-state index contributed by atoms with van der Waals surface area (Å²) in [5, 5.41) is 6.63. The van der Waals surface area contributed by atoms with Gasteiger partial charge in [0.15, 0.2) is 17.5 Å². The Balaban J connectivity index is 0.00000320. The highest BCUT2D eigenvalue weighted by Crippen LogP contribution is 2.32. The number of fused-ring (bicyclic) bond motifs is 1. The van der Waals surface area contributed by atoms with Crippen LogP contribution in [-0.2, 0) is 17.7 Å². The van der Waals surface area contributed by atoms with Crippen molar-refractivity contribution in [3.05, 3.63) is 47.7 Å². The van der Waals surface area contributed by atoms with E-state index in [1.165, 1.54) is 5.56 Å². The maximum atomic E-state index is 5.68. The van der Waals surface area contributed by atoms with Crippen LogP contribution in [0.2, 0.25) is 0 Å². The van der Waals surface area contributed by atoms with Crippen molar-refractivity contribution in [2.75, 3.05) is 40.2 Å². The zero-order valence-electron chi connectivity index (χ0n) is 17.3. The van der Waals surface area contributed by atoms with Crippen molar-refractivity contribution in [3.8, 4) is 17.4 Å². The molecule has 0 unspecified atom stereocenters. The molecule has 9 heteroatoms. The van der Waals surface area contributed by atoms with Crippen molar-refractivity contribution >= 4 is 29.9 Å². The Hall–Kier alpha value is -2.27. The molecule has 0 atom stereocenters. The number of rotatable bonds is 10. The van der Waals surface area contributed by atoms with Crippen LogP contribution >= 0.6 is 24.0 Å². The highest BCUT2D eigenvalue weighted by molar-refractivity contribution is 14.0. The van der Waals surface area contributed by atoms with Gasteiger partial charge >= 0.3 is 0 Å². The molecule has 0 bridgehead atoms. The Labute approximate surface area is 194 Å². The third-order valence-electron chi connectivity index (χ3n) is 4.27. The molecule has 1 aromatic carbocycles. The second-order valence-electron chi connectivity index (χ2n) is 6.37. The number of nitrogens with zero attached hydrogens (tertiary/aromatic N) is 2. The van der Waals surface area contributed by atoms with Crippen molar-refractivity contribution in [1.29, 1.82) is 0 Å². The molecule has 1 aliphatic rings. The van der Waals surface area contributed by atoms with Crippen LogP contribution in [0.4, 0.5) is 0 Å². The van der Waals surface area contributed by atoms with Crippen LogP contribution in [0.3, 0.4) is 0 Å². The lowest BCUT2D eigenvalue weighted by Crippen LogP contribution is -2.38. The summed E-state index contributed by atoms with van der Waals surface area (Å²) >= 11 is 0. The van der Waals surface area contributed by atoms with Crippen LogP contribution in [0.25, 0.3) is 0 Å². The summed E-state index contributed by atoms with van der Waals surface area (Å²) in [6, 6.07) is 9.87. The Kier molecular flexibility index (Phi) is 10.5. The highest BCUT2D eigenvalue weighted by Gasteiger charge is 2.13. The smallest absolute Gasteiger partial charge is 0.231 e. The van der Waals surface area contributed by atoms with Gasteiger partial charge in [0.25, 0.3) is 0 Å². The average molecular weight is 528 g/mol. The van der Waals surface area contributed by atoms with Crippen molar-refractivity contribution in [1.82, 2.24) is 15.6 Å². The van der Waals surface area contributed by atoms with E-state index < -0.39 is 0 Å². The molecule has 3 rings (SSSR count). The minimum absolute atomic E-state index is 0. The third-order valence-corrected chi connectivity index (χ3v) is 4.27. The number of hydrogen-bond donors (Lipinski definition) is 2. The number of benzene rings is 1. The molecular weight excluding hydrogens is 499 g/mol. The van der Waals surface area contributed by atoms with Crippen LogP contribution in [0.1, 0.15) is 18.1 Å². The van der Waals surface area contributed by atoms with E-state index in [1.54, 1.807) is 13.3 Å². The Morgan fingerprint density at radius 1 is 1.17 bits per heavy atom. The molecule has 0 spiro atoms. The molecule has 2 heterocycles. The number of aliphatic imine (C=N–C) groups is 1. The lowest BCUT2D eigenvalue weighted by molar-refractivity contribution is 0.143. The fourth-order valence-corrected chi connectivity index (χ4v) is 2.82. The summed E-state index contributed by atoms with van der Waals surface area (Å²) < 4.78 is 21.5. The molecule has 2 aromatic rings. The van der Waals surface area contributed by atoms with Gasteiger partial charge in [-0.05, 0) is 37.1 Å². The van der Waals surface area contributed by atoms with Gasteiger partial charge in [-0.1, -0.05) is 12.1 Å². The van der Waals surface area contributed by atoms with Crippen LogP contribution < -0.4 is 24.8 Å². The van der Waals surface area contributed by atoms with E-state index in [9.17, 15) is 0 Å². The van der Waals surface area contributed by atoms with Crippen molar-refractivity contribution in [2.24, 2.45) is 4.99 Å². The summed E-state index contributed by atoms with van der Waals surface area (Å²) in [6.07, 6.45) is 2.56. The van der Waals surface area contributed by atoms with Gasteiger partial charge in [0.2, 0.25) is 12.7 Å². The molecule has 8 nitrogen and oxygen atoms in total. The number of ether oxygens (including phenoxy) is 4. The number of nitrogens with one attached hydrogen (secondary N) is 2. The molecule has 0 aliphatic carbocycles. The number of pyridine rings is 1. The van der Waals surface area contributed by atoms with E-state index in [2.05, 4.69) is 26.7 Å². The standard InChI is InChI=1S/C21H28N4O4.HI/c1-3-22-21(24-10-8-16-6-7-18-19(13-16)29-15-28-18)25-14-17-5-4-9-23-20(17)27-12-11-26-2;/h4-7,9,13H,3,8,10-12,14-15H2,1-2H3,(H2,22,24,25);1H. The topological polar surface area (TPSA) is 86.2 Å². The molecule has 1 aromatic heterocycles. The molecule has 0 saturated carbocycles. The van der Waals surface area contributed by atoms with Crippen molar-refractivity contribution in [3.63, 3.8) is 0 Å². The van der Waals surface area contributed by atoms with Gasteiger partial charge in [0.1, 0.15) is 6.61 Å². The van der Waals surface area contributed by atoms with Crippen LogP contribution in [0.5, 0.6) is 17.4 Å². The molecule has 30 heavy (non-hydrogen) atoms. The Bertz CT molecular complexity index is 819. The fraction of sp³-hybridized carbons (Fsp3) is 0.429. The molecule has 0 amide bonds. The number of methoxy groups -OCH3 is 1. The van der Waals surface area contributed by atoms with Gasteiger partial charge < -0.3 is 29.6 Å². The minimum Gasteiger partial charge on any atom is -0.475 e. The first kappa shape index (κ1) is 24.0. The first-order valence-corrected chi connectivity index (χ1v) is 9.76. The molecule has 0 radical (unpaired) electrons. The van der Waals surface area contributed by atoms with Gasteiger partial charge in [-0.2, -0.15) is 0 Å². The first-order chi connectivity index (χ1) is 14.3. The van der Waals surface area contributed by atoms with E-state index in [-0.39, 0.29) is 24.0 Å². The number of guanidine groups is 1. The van der Waals surface area contributed by atoms with E-state index in [0.29, 0.717) is 32.4 Å². The van der Waals surface area contributed by atoms with Crippen molar-refractivity contribution < 1.29 is 18.9 Å². The quantitative estimate of drug-likeness (QED) is 0.212. The van der Waals surface area contributed by atoms with E-state index in [0.717, 1.165) is 42.5 Å². The molecule has 0 fully saturated rings. The zero-order chi connectivity index (χ0) is 20.3. The average Bonchev–Trinajstić information content (AvgIpc) is 3.21. The van der Waals surface area contributed by atoms with Gasteiger partial charge in [0.05, 0.1) is 13.2 Å². The first-order valence-electron chi connectivity index (χ1n) is 9.76. The third kappa shape index (κ3) is 7.21. The summed E-state index contributed by atoms with van der Waals surface area (Å²) in [6.45, 7) is 5.30. The second-order valence-corrected chi connectivity index (χ2v) is 6.37. The van der Waals surface area contributed by atoms with Gasteiger partial charge in [-0.3, -0.25) is 0 Å². The van der Waals surface area contributed by atoms with Crippen LogP contribution in [0.15, 0.2) is 41.5 Å². The zero-order valence-corrected chi connectivity index (χ0v) is 19.7. The summed E-state index contributed by atoms with van der Waals surface area (Å²) in [5.74, 6) is 2.95. The predicted octanol–water partition coefficient (Wildman–Crippen LogP) is 2.75. The van der Waals surface area contributed by atoms with Gasteiger partial charge in [0, 0.05) is 32.0 Å². The lowest BCUT2D eigenvalue weighted by atomic mass is 10.1. The SMILES string of the molecule is CCNC(=NCc1cccnc1OCCOC)NCCc1ccc2c(c1)OCO2.I. The van der Waals surface area contributed by atoms with E-state index in [4.69, 9.17) is 18.9 Å². The molecule has 1 aliphatic heterocycles. The monoisotopic (exact) mass is 528 g/mol. The van der Waals surface area contributed by atoms with E-state index in [1.807, 2.05) is 31.2 Å². The van der Waals surface area contributed by atoms with Crippen molar-refractivity contribution in [2.45, 2.75) is 19.9 Å². The maximum absolute atomic E-state index is 5.68. The Morgan fingerprint density at radius 2 is 2.03 bits per heavy atom. The minimum atomic E-state index is 0. The highest BCUT2D eigenvalue weighted by atomic mass is 127. The second kappa shape index (κ2) is 13.1. The van der Waals surface area contributed by atoms with Gasteiger partial charge in [-0.15, -0.1) is 24.0 Å². The number of hydrogen-bond acceptors (Lipinski definition) is 6. The van der Waals surface area contributed by atoms with Crippen LogP contribution in [0, 0.1) is 0 Å². The van der Waals surface area contributed by atoms with E-state index >= 15 is 0 Å². The predicted molar refractivity (Wildman–Crippen MR) is 126 cm³/mol. The molecule has 2 N–H and O–H groups in total. The lowest BCUT2D eigenvalue weighted by Gasteiger charge is -2.12. The normalized spacial score (nSPS) is 12.3. The van der Waals surface area contributed by atoms with Gasteiger partial charge in [-0.25, -0.2) is 9.98 Å². The number of aromatic nitrogens is 1. The Morgan fingerprint density at radius 3 is 2.87 bits per heavy atom. The summed E-state index contributed by atoms with van der Waals surface area (Å²) in [5.41, 5.74) is 2.11. The molecular formula is C21H29IN4O4. The number of halogens is 1. The maximum Gasteiger partial charge on any atom is 0.231 e. The van der Waals surface area contributed by atoms with Crippen LogP contribution in [-0.4, -0.2) is 51.1 Å².